The second-order valence-electron chi connectivity index (χ2n) is 6.37. The molecule has 0 spiro atoms. The smallest absolute Gasteiger partial charge is 0.139 e. The largest absolute Gasteiger partial charge is 0.346 e. The molecular formula is C17H21ClN6. The van der Waals surface area contributed by atoms with Gasteiger partial charge in [0.2, 0.25) is 0 Å². The van der Waals surface area contributed by atoms with Crippen LogP contribution in [0.25, 0.3) is 22.1 Å². The van der Waals surface area contributed by atoms with Crippen LogP contribution in [0.2, 0.25) is 0 Å². The maximum Gasteiger partial charge on any atom is 0.139 e. The summed E-state index contributed by atoms with van der Waals surface area (Å²) in [5, 5.41) is 10.00. The van der Waals surface area contributed by atoms with Crippen LogP contribution in [0.1, 0.15) is 44.0 Å². The summed E-state index contributed by atoms with van der Waals surface area (Å²) in [6.45, 7) is 0.429. The lowest BCUT2D eigenvalue weighted by atomic mass is 9.84. The molecule has 1 aliphatic rings. The summed E-state index contributed by atoms with van der Waals surface area (Å²) in [7, 11) is 0. The van der Waals surface area contributed by atoms with Gasteiger partial charge in [-0.15, -0.1) is 12.4 Å². The molecule has 126 valence electrons. The number of imidazole rings is 1. The molecule has 0 aliphatic heterocycles. The minimum absolute atomic E-state index is 0. The lowest BCUT2D eigenvalue weighted by Gasteiger charge is -2.29. The van der Waals surface area contributed by atoms with Crippen molar-refractivity contribution in [2.24, 2.45) is 11.7 Å². The Hall–Kier alpha value is -2.10. The molecule has 24 heavy (non-hydrogen) atoms. The number of aromatic nitrogens is 4. The molecule has 0 bridgehead atoms. The molecule has 7 heteroatoms. The maximum absolute atomic E-state index is 8.89. The monoisotopic (exact) mass is 344 g/mol. The van der Waals surface area contributed by atoms with Gasteiger partial charge in [-0.3, -0.25) is 0 Å². The first kappa shape index (κ1) is 16.7. The van der Waals surface area contributed by atoms with Crippen LogP contribution in [0.15, 0.2) is 18.5 Å². The highest BCUT2D eigenvalue weighted by molar-refractivity contribution is 6.01. The molecule has 3 N–H and O–H groups in total. The molecule has 1 aliphatic carbocycles. The maximum atomic E-state index is 8.89. The van der Waals surface area contributed by atoms with E-state index >= 15 is 0 Å². The highest BCUT2D eigenvalue weighted by Gasteiger charge is 2.26. The van der Waals surface area contributed by atoms with Crippen LogP contribution in [0, 0.1) is 17.2 Å². The molecule has 1 saturated carbocycles. The van der Waals surface area contributed by atoms with Crippen molar-refractivity contribution >= 4 is 34.5 Å². The summed E-state index contributed by atoms with van der Waals surface area (Å²) in [5.41, 5.74) is 8.90. The van der Waals surface area contributed by atoms with E-state index in [9.17, 15) is 0 Å². The fraction of sp³-hybridized carbons (Fsp3) is 0.471. The number of fused-ring (bicyclic) bond motifs is 3. The van der Waals surface area contributed by atoms with E-state index in [1.807, 2.05) is 12.4 Å². The van der Waals surface area contributed by atoms with Gasteiger partial charge in [-0.05, 0) is 37.7 Å². The Morgan fingerprint density at radius 1 is 1.33 bits per heavy atom. The highest BCUT2D eigenvalue weighted by atomic mass is 35.5. The fourth-order valence-corrected chi connectivity index (χ4v) is 3.91. The third-order valence-corrected chi connectivity index (χ3v) is 5.05. The lowest BCUT2D eigenvalue weighted by Crippen LogP contribution is -2.21. The number of nitrogens with two attached hydrogens (primary N) is 1. The van der Waals surface area contributed by atoms with Gasteiger partial charge in [-0.1, -0.05) is 0 Å². The van der Waals surface area contributed by atoms with Crippen LogP contribution in [0.4, 0.5) is 0 Å². The minimum Gasteiger partial charge on any atom is -0.346 e. The average Bonchev–Trinajstić information content (AvgIpc) is 3.19. The number of nitrogens with zero attached hydrogens (tertiary/aromatic N) is 4. The Kier molecular flexibility index (Phi) is 4.74. The molecule has 0 atom stereocenters. The van der Waals surface area contributed by atoms with Crippen LogP contribution < -0.4 is 5.73 Å². The summed E-state index contributed by atoms with van der Waals surface area (Å²) < 4.78 is 2.33. The summed E-state index contributed by atoms with van der Waals surface area (Å²) in [4.78, 5) is 12.3. The van der Waals surface area contributed by atoms with E-state index in [-0.39, 0.29) is 12.4 Å². The minimum atomic E-state index is 0. The number of halogens is 1. The molecular weight excluding hydrogens is 324 g/mol. The van der Waals surface area contributed by atoms with Gasteiger partial charge in [0.05, 0.1) is 24.3 Å². The topological polar surface area (TPSA) is 96.3 Å². The Morgan fingerprint density at radius 2 is 2.12 bits per heavy atom. The van der Waals surface area contributed by atoms with Crippen molar-refractivity contribution in [2.75, 3.05) is 0 Å². The number of hydrogen-bond donors (Lipinski definition) is 2. The third-order valence-electron chi connectivity index (χ3n) is 5.05. The Bertz CT molecular complexity index is 882. The van der Waals surface area contributed by atoms with Gasteiger partial charge < -0.3 is 15.3 Å². The molecule has 6 nitrogen and oxygen atoms in total. The van der Waals surface area contributed by atoms with Gasteiger partial charge >= 0.3 is 0 Å². The van der Waals surface area contributed by atoms with E-state index in [0.29, 0.717) is 24.9 Å². The van der Waals surface area contributed by atoms with Crippen LogP contribution in [0.5, 0.6) is 0 Å². The first-order valence-electron chi connectivity index (χ1n) is 8.21. The van der Waals surface area contributed by atoms with E-state index in [4.69, 9.17) is 16.0 Å². The average molecular weight is 345 g/mol. The van der Waals surface area contributed by atoms with Gasteiger partial charge in [-0.2, -0.15) is 5.26 Å². The van der Waals surface area contributed by atoms with Crippen molar-refractivity contribution < 1.29 is 0 Å². The predicted octanol–water partition coefficient (Wildman–Crippen LogP) is 3.44. The van der Waals surface area contributed by atoms with Crippen molar-refractivity contribution in [1.82, 2.24) is 19.5 Å². The van der Waals surface area contributed by atoms with Crippen LogP contribution in [-0.2, 0) is 6.54 Å². The number of rotatable bonds is 3. The number of nitrogens with one attached hydrogen (secondary N) is 1. The van der Waals surface area contributed by atoms with Gasteiger partial charge in [0, 0.05) is 24.0 Å². The molecule has 3 heterocycles. The van der Waals surface area contributed by atoms with Crippen molar-refractivity contribution in [3.63, 3.8) is 0 Å². The second-order valence-corrected chi connectivity index (χ2v) is 6.37. The number of H-pyrrole nitrogens is 1. The van der Waals surface area contributed by atoms with E-state index in [1.54, 1.807) is 0 Å². The van der Waals surface area contributed by atoms with Crippen LogP contribution in [-0.4, -0.2) is 19.5 Å². The van der Waals surface area contributed by atoms with Crippen molar-refractivity contribution in [3.05, 3.63) is 24.3 Å². The molecule has 3 aromatic heterocycles. The Morgan fingerprint density at radius 3 is 2.83 bits per heavy atom. The van der Waals surface area contributed by atoms with E-state index in [1.165, 1.54) is 0 Å². The molecule has 0 amide bonds. The standard InChI is InChI=1S/C17H20N6.ClH/c18-7-5-11-1-3-12(4-2-11)23-15(9-19)22-14-10-21-17-13(16(14)23)6-8-20-17;/h6,8,10-12H,1-5,9,19H2,(H,20,21);1H. The molecule has 4 rings (SSSR count). The first-order valence-corrected chi connectivity index (χ1v) is 8.21. The molecule has 1 fully saturated rings. The molecule has 3 aromatic rings. The zero-order valence-electron chi connectivity index (χ0n) is 13.4. The summed E-state index contributed by atoms with van der Waals surface area (Å²) >= 11 is 0. The highest BCUT2D eigenvalue weighted by Crippen LogP contribution is 2.37. The second kappa shape index (κ2) is 6.80. The molecule has 0 unspecified atom stereocenters. The normalized spacial score (nSPS) is 20.8. The number of hydrogen-bond acceptors (Lipinski definition) is 4. The Labute approximate surface area is 146 Å². The van der Waals surface area contributed by atoms with E-state index in [0.717, 1.165) is 53.6 Å². The van der Waals surface area contributed by atoms with Gasteiger partial charge in [0.15, 0.2) is 0 Å². The SMILES string of the molecule is Cl.N#CCC1CCC(n2c(CN)nc3cnc4[nH]ccc4c32)CC1. The Balaban J connectivity index is 0.00000169. The first-order chi connectivity index (χ1) is 11.3. The van der Waals surface area contributed by atoms with Gasteiger partial charge in [0.25, 0.3) is 0 Å². The van der Waals surface area contributed by atoms with Crippen molar-refractivity contribution in [2.45, 2.75) is 44.7 Å². The number of aromatic amines is 1. The zero-order valence-corrected chi connectivity index (χ0v) is 14.2. The lowest BCUT2D eigenvalue weighted by molar-refractivity contribution is 0.278. The summed E-state index contributed by atoms with van der Waals surface area (Å²) in [6, 6.07) is 4.78. The van der Waals surface area contributed by atoms with E-state index < -0.39 is 0 Å². The van der Waals surface area contributed by atoms with Gasteiger partial charge in [0.1, 0.15) is 17.0 Å². The quantitative estimate of drug-likeness (QED) is 0.760. The third kappa shape index (κ3) is 2.64. The molecule has 0 aromatic carbocycles. The van der Waals surface area contributed by atoms with Crippen molar-refractivity contribution in [3.8, 4) is 6.07 Å². The van der Waals surface area contributed by atoms with E-state index in [2.05, 4.69) is 26.7 Å². The summed E-state index contributed by atoms with van der Waals surface area (Å²) in [6.07, 6.45) is 8.78. The number of nitriles is 1. The zero-order chi connectivity index (χ0) is 15.8. The summed E-state index contributed by atoms with van der Waals surface area (Å²) in [5.74, 6) is 1.47. The van der Waals surface area contributed by atoms with Crippen molar-refractivity contribution in [1.29, 1.82) is 5.26 Å². The van der Waals surface area contributed by atoms with Gasteiger partial charge in [-0.25, -0.2) is 9.97 Å². The fourth-order valence-electron chi connectivity index (χ4n) is 3.91. The van der Waals surface area contributed by atoms with Crippen LogP contribution in [0.3, 0.4) is 0 Å². The molecule has 0 radical (unpaired) electrons. The number of pyridine rings is 1. The predicted molar refractivity (Wildman–Crippen MR) is 95.7 cm³/mol. The molecule has 0 saturated heterocycles. The van der Waals surface area contributed by atoms with Crippen LogP contribution >= 0.6 is 12.4 Å².